The fourth-order valence-corrected chi connectivity index (χ4v) is 2.44. The minimum Gasteiger partial charge on any atom is -0.491 e. The molecule has 0 N–H and O–H groups in total. The van der Waals surface area contributed by atoms with E-state index in [4.69, 9.17) is 4.74 Å². The number of rotatable bonds is 3. The van der Waals surface area contributed by atoms with Gasteiger partial charge < -0.3 is 4.74 Å². The summed E-state index contributed by atoms with van der Waals surface area (Å²) in [5.41, 5.74) is 0.870. The van der Waals surface area contributed by atoms with Crippen molar-refractivity contribution in [1.82, 2.24) is 4.90 Å². The molecule has 0 spiro atoms. The summed E-state index contributed by atoms with van der Waals surface area (Å²) in [6.45, 7) is 3.93. The van der Waals surface area contributed by atoms with Gasteiger partial charge in [0, 0.05) is 7.05 Å². The van der Waals surface area contributed by atoms with Crippen LogP contribution in [-0.2, 0) is 4.79 Å². The first-order chi connectivity index (χ1) is 8.97. The number of ether oxygens (including phenoxy) is 1. The number of carbonyl (C=O) groups excluding carboxylic acids is 2. The van der Waals surface area contributed by atoms with Gasteiger partial charge in [-0.3, -0.25) is 14.5 Å². The molecule has 0 aromatic heterocycles. The summed E-state index contributed by atoms with van der Waals surface area (Å²) >= 11 is 0.959. The van der Waals surface area contributed by atoms with E-state index in [9.17, 15) is 9.59 Å². The molecule has 1 fully saturated rings. The molecular formula is C14H15NO3S. The topological polar surface area (TPSA) is 46.6 Å². The number of amides is 2. The molecule has 2 rings (SSSR count). The number of benzene rings is 1. The van der Waals surface area contributed by atoms with Crippen LogP contribution in [0.5, 0.6) is 5.75 Å². The van der Waals surface area contributed by atoms with Crippen molar-refractivity contribution in [2.75, 3.05) is 7.05 Å². The summed E-state index contributed by atoms with van der Waals surface area (Å²) < 4.78 is 5.54. The van der Waals surface area contributed by atoms with Crippen LogP contribution in [-0.4, -0.2) is 29.2 Å². The van der Waals surface area contributed by atoms with Crippen LogP contribution in [0.15, 0.2) is 29.2 Å². The van der Waals surface area contributed by atoms with E-state index in [-0.39, 0.29) is 17.3 Å². The van der Waals surface area contributed by atoms with Gasteiger partial charge in [-0.05, 0) is 49.4 Å². The molecule has 1 heterocycles. The third-order valence-electron chi connectivity index (χ3n) is 2.54. The maximum absolute atomic E-state index is 11.7. The summed E-state index contributed by atoms with van der Waals surface area (Å²) in [4.78, 5) is 24.7. The highest BCUT2D eigenvalue weighted by molar-refractivity contribution is 8.18. The molecule has 2 amide bonds. The SMILES string of the molecule is CC(C)Oc1ccc(/C=C2\SC(=O)N(C)C2=O)cc1. The lowest BCUT2D eigenvalue weighted by Gasteiger charge is -2.09. The van der Waals surface area contributed by atoms with Crippen LogP contribution >= 0.6 is 11.8 Å². The van der Waals surface area contributed by atoms with Gasteiger partial charge in [0.25, 0.3) is 11.1 Å². The van der Waals surface area contributed by atoms with Crippen molar-refractivity contribution in [2.45, 2.75) is 20.0 Å². The Hall–Kier alpha value is -1.75. The third-order valence-corrected chi connectivity index (χ3v) is 3.50. The van der Waals surface area contributed by atoms with Crippen LogP contribution in [0.4, 0.5) is 4.79 Å². The molecule has 1 aliphatic heterocycles. The summed E-state index contributed by atoms with van der Waals surface area (Å²) in [5, 5.41) is -0.240. The number of carbonyl (C=O) groups is 2. The molecule has 1 aromatic carbocycles. The predicted octanol–water partition coefficient (Wildman–Crippen LogP) is 3.14. The van der Waals surface area contributed by atoms with E-state index < -0.39 is 0 Å². The smallest absolute Gasteiger partial charge is 0.293 e. The molecule has 5 heteroatoms. The molecule has 1 saturated heterocycles. The van der Waals surface area contributed by atoms with Gasteiger partial charge >= 0.3 is 0 Å². The van der Waals surface area contributed by atoms with Crippen molar-refractivity contribution in [2.24, 2.45) is 0 Å². The molecule has 100 valence electrons. The first-order valence-corrected chi connectivity index (χ1v) is 6.77. The van der Waals surface area contributed by atoms with E-state index in [1.165, 1.54) is 7.05 Å². The fraction of sp³-hybridized carbons (Fsp3) is 0.286. The highest BCUT2D eigenvalue weighted by Gasteiger charge is 2.31. The van der Waals surface area contributed by atoms with Gasteiger partial charge in [0.15, 0.2) is 0 Å². The van der Waals surface area contributed by atoms with Crippen LogP contribution in [0.25, 0.3) is 6.08 Å². The Balaban J connectivity index is 2.16. The Kier molecular flexibility index (Phi) is 3.95. The molecule has 0 radical (unpaired) electrons. The van der Waals surface area contributed by atoms with E-state index in [0.29, 0.717) is 4.91 Å². The normalized spacial score (nSPS) is 17.7. The lowest BCUT2D eigenvalue weighted by Crippen LogP contribution is -2.22. The maximum Gasteiger partial charge on any atom is 0.293 e. The van der Waals surface area contributed by atoms with E-state index in [0.717, 1.165) is 28.0 Å². The minimum atomic E-state index is -0.252. The molecular weight excluding hydrogens is 262 g/mol. The van der Waals surface area contributed by atoms with Crippen molar-refractivity contribution in [1.29, 1.82) is 0 Å². The zero-order valence-corrected chi connectivity index (χ0v) is 11.9. The monoisotopic (exact) mass is 277 g/mol. The predicted molar refractivity (Wildman–Crippen MR) is 75.9 cm³/mol. The number of nitrogens with zero attached hydrogens (tertiary/aromatic N) is 1. The Labute approximate surface area is 116 Å². The Morgan fingerprint density at radius 3 is 2.32 bits per heavy atom. The van der Waals surface area contributed by atoms with Crippen LogP contribution in [0.3, 0.4) is 0 Å². The van der Waals surface area contributed by atoms with Crippen LogP contribution < -0.4 is 4.74 Å². The van der Waals surface area contributed by atoms with Crippen LogP contribution in [0.1, 0.15) is 19.4 Å². The van der Waals surface area contributed by atoms with Gasteiger partial charge in [0.2, 0.25) is 0 Å². The Bertz CT molecular complexity index is 534. The van der Waals surface area contributed by atoms with Gasteiger partial charge in [-0.2, -0.15) is 0 Å². The van der Waals surface area contributed by atoms with Crippen molar-refractivity contribution in [3.8, 4) is 5.75 Å². The molecule has 4 nitrogen and oxygen atoms in total. The Morgan fingerprint density at radius 1 is 1.21 bits per heavy atom. The first kappa shape index (κ1) is 13.7. The number of hydrogen-bond donors (Lipinski definition) is 0. The van der Waals surface area contributed by atoms with E-state index >= 15 is 0 Å². The highest BCUT2D eigenvalue weighted by Crippen LogP contribution is 2.31. The molecule has 1 aliphatic rings. The van der Waals surface area contributed by atoms with E-state index in [2.05, 4.69) is 0 Å². The van der Waals surface area contributed by atoms with Gasteiger partial charge in [-0.1, -0.05) is 12.1 Å². The zero-order chi connectivity index (χ0) is 14.0. The molecule has 1 aromatic rings. The molecule has 0 aliphatic carbocycles. The molecule has 0 bridgehead atoms. The van der Waals surface area contributed by atoms with Crippen molar-refractivity contribution in [3.05, 3.63) is 34.7 Å². The minimum absolute atomic E-state index is 0.127. The standard InChI is InChI=1S/C14H15NO3S/c1-9(2)18-11-6-4-10(5-7-11)8-12-13(16)15(3)14(17)19-12/h4-9H,1-3H3/b12-8-. The lowest BCUT2D eigenvalue weighted by atomic mass is 10.2. The second kappa shape index (κ2) is 5.48. The number of imide groups is 1. The summed E-state index contributed by atoms with van der Waals surface area (Å²) in [7, 11) is 1.48. The van der Waals surface area contributed by atoms with Gasteiger partial charge in [-0.15, -0.1) is 0 Å². The summed E-state index contributed by atoms with van der Waals surface area (Å²) in [6, 6.07) is 7.42. The first-order valence-electron chi connectivity index (χ1n) is 5.95. The second-order valence-corrected chi connectivity index (χ2v) is 5.47. The van der Waals surface area contributed by atoms with Gasteiger partial charge in [-0.25, -0.2) is 0 Å². The summed E-state index contributed by atoms with van der Waals surface area (Å²) in [5.74, 6) is 0.535. The molecule has 0 atom stereocenters. The van der Waals surface area contributed by atoms with E-state index in [1.807, 2.05) is 38.1 Å². The number of likely N-dealkylation sites (N-methyl/N-ethyl adjacent to an activating group) is 1. The molecule has 0 saturated carbocycles. The zero-order valence-electron chi connectivity index (χ0n) is 11.0. The van der Waals surface area contributed by atoms with E-state index in [1.54, 1.807) is 6.08 Å². The van der Waals surface area contributed by atoms with Crippen LogP contribution in [0.2, 0.25) is 0 Å². The highest BCUT2D eigenvalue weighted by atomic mass is 32.2. The average Bonchev–Trinajstić information content (AvgIpc) is 2.59. The van der Waals surface area contributed by atoms with Crippen molar-refractivity contribution >= 4 is 29.0 Å². The summed E-state index contributed by atoms with van der Waals surface area (Å²) in [6.07, 6.45) is 1.84. The maximum atomic E-state index is 11.7. The average molecular weight is 277 g/mol. The molecule has 0 unspecified atom stereocenters. The quantitative estimate of drug-likeness (QED) is 0.796. The van der Waals surface area contributed by atoms with Crippen LogP contribution in [0, 0.1) is 0 Å². The van der Waals surface area contributed by atoms with Gasteiger partial charge in [0.1, 0.15) is 5.75 Å². The van der Waals surface area contributed by atoms with Gasteiger partial charge in [0.05, 0.1) is 11.0 Å². The number of thioether (sulfide) groups is 1. The third kappa shape index (κ3) is 3.17. The number of hydrogen-bond acceptors (Lipinski definition) is 4. The van der Waals surface area contributed by atoms with Crippen molar-refractivity contribution < 1.29 is 14.3 Å². The Morgan fingerprint density at radius 2 is 1.84 bits per heavy atom. The van der Waals surface area contributed by atoms with Crippen molar-refractivity contribution in [3.63, 3.8) is 0 Å². The fourth-order valence-electron chi connectivity index (χ4n) is 1.61. The largest absolute Gasteiger partial charge is 0.491 e. The molecule has 19 heavy (non-hydrogen) atoms. The second-order valence-electron chi connectivity index (χ2n) is 4.48. The lowest BCUT2D eigenvalue weighted by molar-refractivity contribution is -0.121.